The van der Waals surface area contributed by atoms with Gasteiger partial charge in [-0.2, -0.15) is 0 Å². The number of nitrogens with zero attached hydrogens (tertiary/aromatic N) is 2. The summed E-state index contributed by atoms with van der Waals surface area (Å²) in [7, 11) is 0. The number of primary amides is 1. The van der Waals surface area contributed by atoms with Gasteiger partial charge in [-0.15, -0.1) is 0 Å². The van der Waals surface area contributed by atoms with Crippen molar-refractivity contribution in [2.75, 3.05) is 6.61 Å². The third-order valence-corrected chi connectivity index (χ3v) is 3.35. The summed E-state index contributed by atoms with van der Waals surface area (Å²) >= 11 is 0. The molecule has 0 aliphatic heterocycles. The number of carbonyl (C=O) groups excluding carboxylic acids is 1. The number of benzene rings is 1. The lowest BCUT2D eigenvalue weighted by Gasteiger charge is -2.09. The average molecular weight is 293 g/mol. The summed E-state index contributed by atoms with van der Waals surface area (Å²) in [6.45, 7) is 2.54. The third-order valence-electron chi connectivity index (χ3n) is 3.35. The fourth-order valence-electron chi connectivity index (χ4n) is 2.33. The second kappa shape index (κ2) is 5.81. The first kappa shape index (κ1) is 14.0. The van der Waals surface area contributed by atoms with Gasteiger partial charge in [0.05, 0.1) is 23.9 Å². The topological polar surface area (TPSA) is 78.1 Å². The van der Waals surface area contributed by atoms with E-state index in [4.69, 9.17) is 10.5 Å². The molecule has 0 spiro atoms. The molecule has 110 valence electrons. The molecule has 5 heteroatoms. The Morgan fingerprint density at radius 1 is 1.23 bits per heavy atom. The second-order valence-electron chi connectivity index (χ2n) is 4.80. The normalized spacial score (nSPS) is 10.6. The zero-order valence-corrected chi connectivity index (χ0v) is 12.1. The van der Waals surface area contributed by atoms with Gasteiger partial charge in [-0.05, 0) is 30.7 Å². The van der Waals surface area contributed by atoms with Crippen molar-refractivity contribution in [1.82, 2.24) is 9.97 Å². The van der Waals surface area contributed by atoms with Gasteiger partial charge in [-0.1, -0.05) is 12.1 Å². The van der Waals surface area contributed by atoms with Crippen LogP contribution in [0.5, 0.6) is 5.75 Å². The molecule has 0 aliphatic rings. The molecule has 0 saturated heterocycles. The van der Waals surface area contributed by atoms with Crippen molar-refractivity contribution in [3.8, 4) is 16.9 Å². The lowest BCUT2D eigenvalue weighted by Crippen LogP contribution is -2.11. The Bertz CT molecular complexity index is 846. The highest BCUT2D eigenvalue weighted by molar-refractivity contribution is 6.00. The number of nitrogens with two attached hydrogens (primary N) is 1. The van der Waals surface area contributed by atoms with Crippen molar-refractivity contribution >= 4 is 16.8 Å². The molecule has 22 heavy (non-hydrogen) atoms. The van der Waals surface area contributed by atoms with Crippen LogP contribution in [0.2, 0.25) is 0 Å². The molecule has 2 heterocycles. The zero-order valence-electron chi connectivity index (χ0n) is 12.1. The fraction of sp³-hybridized carbons (Fsp3) is 0.118. The number of amides is 1. The van der Waals surface area contributed by atoms with Crippen LogP contribution in [0.3, 0.4) is 0 Å². The van der Waals surface area contributed by atoms with E-state index in [0.717, 1.165) is 22.3 Å². The number of ether oxygens (including phenoxy) is 1. The Morgan fingerprint density at radius 3 is 2.86 bits per heavy atom. The minimum Gasteiger partial charge on any atom is -0.494 e. The molecule has 2 aromatic heterocycles. The molecule has 5 nitrogen and oxygen atoms in total. The molecule has 1 amide bonds. The van der Waals surface area contributed by atoms with E-state index in [2.05, 4.69) is 9.97 Å². The Balaban J connectivity index is 2.19. The highest BCUT2D eigenvalue weighted by atomic mass is 16.5. The molecule has 3 aromatic rings. The van der Waals surface area contributed by atoms with E-state index in [1.54, 1.807) is 18.5 Å². The molecule has 3 rings (SSSR count). The average Bonchev–Trinajstić information content (AvgIpc) is 2.54. The Hall–Kier alpha value is -2.95. The van der Waals surface area contributed by atoms with E-state index in [1.165, 1.54) is 6.20 Å². The Kier molecular flexibility index (Phi) is 3.70. The largest absolute Gasteiger partial charge is 0.494 e. The van der Waals surface area contributed by atoms with Crippen LogP contribution in [0.25, 0.3) is 22.0 Å². The van der Waals surface area contributed by atoms with Gasteiger partial charge in [0.2, 0.25) is 5.91 Å². The number of aromatic nitrogens is 2. The van der Waals surface area contributed by atoms with Gasteiger partial charge in [0, 0.05) is 23.3 Å². The molecule has 1 aromatic carbocycles. The van der Waals surface area contributed by atoms with Crippen LogP contribution < -0.4 is 10.5 Å². The van der Waals surface area contributed by atoms with Crippen LogP contribution in [-0.2, 0) is 0 Å². The lowest BCUT2D eigenvalue weighted by atomic mass is 10.0. The smallest absolute Gasteiger partial charge is 0.250 e. The molecule has 0 bridgehead atoms. The number of fused-ring (bicyclic) bond motifs is 1. The number of pyridine rings is 2. The van der Waals surface area contributed by atoms with E-state index >= 15 is 0 Å². The quantitative estimate of drug-likeness (QED) is 0.802. The zero-order chi connectivity index (χ0) is 15.5. The van der Waals surface area contributed by atoms with E-state index in [-0.39, 0.29) is 0 Å². The minimum atomic E-state index is -0.500. The summed E-state index contributed by atoms with van der Waals surface area (Å²) in [5, 5.41) is 0.833. The van der Waals surface area contributed by atoms with Crippen LogP contribution in [-0.4, -0.2) is 22.5 Å². The number of hydrogen-bond acceptors (Lipinski definition) is 4. The van der Waals surface area contributed by atoms with Crippen LogP contribution in [0.4, 0.5) is 0 Å². The van der Waals surface area contributed by atoms with Gasteiger partial charge in [0.1, 0.15) is 5.75 Å². The third kappa shape index (κ3) is 2.61. The lowest BCUT2D eigenvalue weighted by molar-refractivity contribution is 0.1000. The minimum absolute atomic E-state index is 0.376. The van der Waals surface area contributed by atoms with Crippen molar-refractivity contribution in [1.29, 1.82) is 0 Å². The number of rotatable bonds is 4. The summed E-state index contributed by atoms with van der Waals surface area (Å²) in [4.78, 5) is 19.9. The van der Waals surface area contributed by atoms with Gasteiger partial charge in [-0.25, -0.2) is 0 Å². The van der Waals surface area contributed by atoms with E-state index < -0.39 is 5.91 Å². The summed E-state index contributed by atoms with van der Waals surface area (Å²) in [5.41, 5.74) is 8.27. The van der Waals surface area contributed by atoms with Gasteiger partial charge in [0.15, 0.2) is 0 Å². The molecule has 2 N–H and O–H groups in total. The molecule has 0 saturated carbocycles. The van der Waals surface area contributed by atoms with E-state index in [0.29, 0.717) is 17.7 Å². The second-order valence-corrected chi connectivity index (χ2v) is 4.80. The fourth-order valence-corrected chi connectivity index (χ4v) is 2.33. The van der Waals surface area contributed by atoms with Crippen molar-refractivity contribution in [2.45, 2.75) is 6.92 Å². The Morgan fingerprint density at radius 2 is 2.09 bits per heavy atom. The van der Waals surface area contributed by atoms with Crippen molar-refractivity contribution < 1.29 is 9.53 Å². The van der Waals surface area contributed by atoms with Gasteiger partial charge < -0.3 is 10.5 Å². The SMILES string of the molecule is CCOc1cccc(-c2cncc3ncc(C(N)=O)cc23)c1. The van der Waals surface area contributed by atoms with Crippen molar-refractivity contribution in [3.05, 3.63) is 54.5 Å². The van der Waals surface area contributed by atoms with Gasteiger partial charge >= 0.3 is 0 Å². The van der Waals surface area contributed by atoms with Crippen molar-refractivity contribution in [3.63, 3.8) is 0 Å². The first-order chi connectivity index (χ1) is 10.7. The molecule has 0 fully saturated rings. The highest BCUT2D eigenvalue weighted by Gasteiger charge is 2.09. The maximum atomic E-state index is 11.4. The van der Waals surface area contributed by atoms with E-state index in [1.807, 2.05) is 31.2 Å². The molecule has 0 atom stereocenters. The molecular weight excluding hydrogens is 278 g/mol. The predicted molar refractivity (Wildman–Crippen MR) is 84.7 cm³/mol. The van der Waals surface area contributed by atoms with Gasteiger partial charge in [0.25, 0.3) is 0 Å². The molecular formula is C17H15N3O2. The first-order valence-electron chi connectivity index (χ1n) is 6.96. The summed E-state index contributed by atoms with van der Waals surface area (Å²) in [5.74, 6) is 0.288. The van der Waals surface area contributed by atoms with Crippen LogP contribution in [0.1, 0.15) is 17.3 Å². The summed E-state index contributed by atoms with van der Waals surface area (Å²) < 4.78 is 5.53. The predicted octanol–water partition coefficient (Wildman–Crippen LogP) is 2.79. The highest BCUT2D eigenvalue weighted by Crippen LogP contribution is 2.29. The molecule has 0 radical (unpaired) electrons. The standard InChI is InChI=1S/C17H15N3O2/c1-2-22-13-5-3-4-11(6-13)15-9-19-10-16-14(15)7-12(8-20-16)17(18)21/h3-10H,2H2,1H3,(H2,18,21). The molecule has 0 aliphatic carbocycles. The summed E-state index contributed by atoms with van der Waals surface area (Å²) in [6, 6.07) is 9.48. The first-order valence-corrected chi connectivity index (χ1v) is 6.96. The van der Waals surface area contributed by atoms with E-state index in [9.17, 15) is 4.79 Å². The van der Waals surface area contributed by atoms with Gasteiger partial charge in [-0.3, -0.25) is 14.8 Å². The monoisotopic (exact) mass is 293 g/mol. The van der Waals surface area contributed by atoms with Crippen LogP contribution in [0.15, 0.2) is 48.9 Å². The maximum Gasteiger partial charge on any atom is 0.250 e. The van der Waals surface area contributed by atoms with Crippen LogP contribution in [0, 0.1) is 0 Å². The number of carbonyl (C=O) groups is 1. The van der Waals surface area contributed by atoms with Crippen LogP contribution >= 0.6 is 0 Å². The molecule has 0 unspecified atom stereocenters. The van der Waals surface area contributed by atoms with Crippen molar-refractivity contribution in [2.24, 2.45) is 5.73 Å². The maximum absolute atomic E-state index is 11.4. The Labute approximate surface area is 127 Å². The summed E-state index contributed by atoms with van der Waals surface area (Å²) in [6.07, 6.45) is 4.88. The number of hydrogen-bond donors (Lipinski definition) is 1.